The molecule has 2 heteroatoms. The van der Waals surface area contributed by atoms with Gasteiger partial charge in [-0.15, -0.1) is 0 Å². The second-order valence-corrected chi connectivity index (χ2v) is 2.91. The predicted molar refractivity (Wildman–Crippen MR) is 45.4 cm³/mol. The van der Waals surface area contributed by atoms with Crippen LogP contribution in [0.25, 0.3) is 0 Å². The molecule has 0 fully saturated rings. The van der Waals surface area contributed by atoms with Crippen LogP contribution in [0.4, 0.5) is 0 Å². The second kappa shape index (κ2) is 7.36. The lowest BCUT2D eigenvalue weighted by Crippen LogP contribution is -2.05. The van der Waals surface area contributed by atoms with Crippen molar-refractivity contribution >= 4 is 11.6 Å². The summed E-state index contributed by atoms with van der Waals surface area (Å²) in [6.45, 7) is 5.03. The van der Waals surface area contributed by atoms with E-state index in [9.17, 15) is 0 Å². The maximum atomic E-state index is 5.82. The highest BCUT2D eigenvalue weighted by Gasteiger charge is 2.01. The molecule has 0 radical (unpaired) electrons. The van der Waals surface area contributed by atoms with Crippen molar-refractivity contribution < 1.29 is 4.74 Å². The Bertz CT molecular complexity index is 58.3. The zero-order chi connectivity index (χ0) is 7.82. The Morgan fingerprint density at radius 3 is 2.50 bits per heavy atom. The summed E-state index contributed by atoms with van der Waals surface area (Å²) in [7, 11) is 0. The van der Waals surface area contributed by atoms with Gasteiger partial charge in [-0.1, -0.05) is 31.9 Å². The summed E-state index contributed by atoms with van der Waals surface area (Å²) in [5.41, 5.74) is -0.0556. The molecule has 10 heavy (non-hydrogen) atoms. The molecule has 0 aliphatic rings. The first-order valence-electron chi connectivity index (χ1n) is 4.07. The second-order valence-electron chi connectivity index (χ2n) is 2.42. The average molecular weight is 165 g/mol. The standard InChI is InChI=1S/C8H17ClO/c1-3-5-6-8(9)10-7-4-2/h8H,3-7H2,1-2H3. The summed E-state index contributed by atoms with van der Waals surface area (Å²) in [6.07, 6.45) is 4.39. The number of ether oxygens (including phenoxy) is 1. The third kappa shape index (κ3) is 6.37. The van der Waals surface area contributed by atoms with Gasteiger partial charge in [-0.3, -0.25) is 0 Å². The van der Waals surface area contributed by atoms with Gasteiger partial charge in [0.2, 0.25) is 0 Å². The number of unbranched alkanes of at least 4 members (excludes halogenated alkanes) is 1. The largest absolute Gasteiger partial charge is 0.363 e. The monoisotopic (exact) mass is 164 g/mol. The van der Waals surface area contributed by atoms with Crippen LogP contribution >= 0.6 is 11.6 Å². The fraction of sp³-hybridized carbons (Fsp3) is 1.00. The lowest BCUT2D eigenvalue weighted by molar-refractivity contribution is 0.101. The van der Waals surface area contributed by atoms with Crippen LogP contribution < -0.4 is 0 Å². The number of rotatable bonds is 6. The average Bonchev–Trinajstić information content (AvgIpc) is 1.97. The van der Waals surface area contributed by atoms with Crippen LogP contribution in [0.2, 0.25) is 0 Å². The van der Waals surface area contributed by atoms with E-state index in [1.807, 2.05) is 0 Å². The topological polar surface area (TPSA) is 9.23 Å². The summed E-state index contributed by atoms with van der Waals surface area (Å²) in [5, 5.41) is 0. The molecule has 62 valence electrons. The minimum absolute atomic E-state index is 0.0556. The van der Waals surface area contributed by atoms with Gasteiger partial charge < -0.3 is 4.74 Å². The van der Waals surface area contributed by atoms with Crippen molar-refractivity contribution in [1.82, 2.24) is 0 Å². The fourth-order valence-corrected chi connectivity index (χ4v) is 0.937. The number of hydrogen-bond acceptors (Lipinski definition) is 1. The molecule has 0 saturated heterocycles. The third-order valence-electron chi connectivity index (χ3n) is 1.29. The molecule has 1 nitrogen and oxygen atoms in total. The van der Waals surface area contributed by atoms with Crippen LogP contribution in [0, 0.1) is 0 Å². The highest BCUT2D eigenvalue weighted by Crippen LogP contribution is 2.08. The van der Waals surface area contributed by atoms with Crippen LogP contribution in [0.5, 0.6) is 0 Å². The van der Waals surface area contributed by atoms with Crippen LogP contribution in [0.1, 0.15) is 39.5 Å². The maximum Gasteiger partial charge on any atom is 0.131 e. The molecule has 0 heterocycles. The van der Waals surface area contributed by atoms with Crippen molar-refractivity contribution in [3.05, 3.63) is 0 Å². The normalized spacial score (nSPS) is 13.5. The van der Waals surface area contributed by atoms with E-state index in [0.717, 1.165) is 25.9 Å². The van der Waals surface area contributed by atoms with Gasteiger partial charge in [0.1, 0.15) is 5.56 Å². The molecule has 0 aliphatic heterocycles. The van der Waals surface area contributed by atoms with Gasteiger partial charge in [0, 0.05) is 6.61 Å². The molecule has 0 rings (SSSR count). The molecule has 1 atom stereocenters. The van der Waals surface area contributed by atoms with E-state index in [1.165, 1.54) is 6.42 Å². The van der Waals surface area contributed by atoms with Crippen molar-refractivity contribution in [1.29, 1.82) is 0 Å². The van der Waals surface area contributed by atoms with Gasteiger partial charge in [0.15, 0.2) is 0 Å². The Labute approximate surface area is 68.7 Å². The van der Waals surface area contributed by atoms with E-state index in [1.54, 1.807) is 0 Å². The van der Waals surface area contributed by atoms with E-state index >= 15 is 0 Å². The summed E-state index contributed by atoms with van der Waals surface area (Å²) in [4.78, 5) is 0. The van der Waals surface area contributed by atoms with Gasteiger partial charge >= 0.3 is 0 Å². The summed E-state index contributed by atoms with van der Waals surface area (Å²) < 4.78 is 5.26. The molecule has 0 N–H and O–H groups in total. The van der Waals surface area contributed by atoms with E-state index in [4.69, 9.17) is 16.3 Å². The Kier molecular flexibility index (Phi) is 7.54. The van der Waals surface area contributed by atoms with Crippen molar-refractivity contribution in [2.75, 3.05) is 6.61 Å². The maximum absolute atomic E-state index is 5.82. The van der Waals surface area contributed by atoms with E-state index in [-0.39, 0.29) is 5.56 Å². The highest BCUT2D eigenvalue weighted by molar-refractivity contribution is 6.19. The SMILES string of the molecule is CCCCC(Cl)OCCC. The molecule has 0 aromatic heterocycles. The Hall–Kier alpha value is 0.250. The molecule has 0 bridgehead atoms. The highest BCUT2D eigenvalue weighted by atomic mass is 35.5. The zero-order valence-corrected chi connectivity index (χ0v) is 7.66. The van der Waals surface area contributed by atoms with E-state index in [0.29, 0.717) is 0 Å². The quantitative estimate of drug-likeness (QED) is 0.548. The summed E-state index contributed by atoms with van der Waals surface area (Å²) >= 11 is 5.82. The summed E-state index contributed by atoms with van der Waals surface area (Å²) in [6, 6.07) is 0. The molecule has 0 saturated carbocycles. The minimum Gasteiger partial charge on any atom is -0.363 e. The van der Waals surface area contributed by atoms with Crippen LogP contribution in [-0.2, 0) is 4.74 Å². The van der Waals surface area contributed by atoms with Crippen molar-refractivity contribution in [2.24, 2.45) is 0 Å². The van der Waals surface area contributed by atoms with Crippen LogP contribution in [0.15, 0.2) is 0 Å². The summed E-state index contributed by atoms with van der Waals surface area (Å²) in [5.74, 6) is 0. The zero-order valence-electron chi connectivity index (χ0n) is 6.90. The molecule has 0 spiro atoms. The number of alkyl halides is 1. The van der Waals surface area contributed by atoms with Crippen LogP contribution in [-0.4, -0.2) is 12.2 Å². The number of halogens is 1. The molecule has 1 unspecified atom stereocenters. The molecular weight excluding hydrogens is 148 g/mol. The molecule has 0 aromatic rings. The van der Waals surface area contributed by atoms with Gasteiger partial charge in [-0.2, -0.15) is 0 Å². The van der Waals surface area contributed by atoms with E-state index in [2.05, 4.69) is 13.8 Å². The van der Waals surface area contributed by atoms with Crippen molar-refractivity contribution in [2.45, 2.75) is 45.1 Å². The minimum atomic E-state index is -0.0556. The molecule has 0 aliphatic carbocycles. The smallest absolute Gasteiger partial charge is 0.131 e. The molecule has 0 aromatic carbocycles. The van der Waals surface area contributed by atoms with Crippen LogP contribution in [0.3, 0.4) is 0 Å². The van der Waals surface area contributed by atoms with Crippen molar-refractivity contribution in [3.63, 3.8) is 0 Å². The first-order chi connectivity index (χ1) is 4.81. The number of hydrogen-bond donors (Lipinski definition) is 0. The first kappa shape index (κ1) is 10.2. The van der Waals surface area contributed by atoms with Gasteiger partial charge in [0.25, 0.3) is 0 Å². The lowest BCUT2D eigenvalue weighted by atomic mass is 10.3. The third-order valence-corrected chi connectivity index (χ3v) is 1.63. The lowest BCUT2D eigenvalue weighted by Gasteiger charge is -2.08. The first-order valence-corrected chi connectivity index (χ1v) is 4.50. The Morgan fingerprint density at radius 2 is 2.00 bits per heavy atom. The van der Waals surface area contributed by atoms with Crippen molar-refractivity contribution in [3.8, 4) is 0 Å². The fourth-order valence-electron chi connectivity index (χ4n) is 0.694. The van der Waals surface area contributed by atoms with Gasteiger partial charge in [-0.25, -0.2) is 0 Å². The predicted octanol–water partition coefficient (Wildman–Crippen LogP) is 3.17. The molecular formula is C8H17ClO. The van der Waals surface area contributed by atoms with E-state index < -0.39 is 0 Å². The van der Waals surface area contributed by atoms with Gasteiger partial charge in [-0.05, 0) is 19.3 Å². The Morgan fingerprint density at radius 1 is 1.30 bits per heavy atom. The molecule has 0 amide bonds. The van der Waals surface area contributed by atoms with Gasteiger partial charge in [0.05, 0.1) is 0 Å². The Balaban J connectivity index is 3.00.